The summed E-state index contributed by atoms with van der Waals surface area (Å²) in [4.78, 5) is 15.0. The Morgan fingerprint density at radius 3 is 2.50 bits per heavy atom. The van der Waals surface area contributed by atoms with Crippen molar-refractivity contribution in [3.05, 3.63) is 59.7 Å². The van der Waals surface area contributed by atoms with E-state index >= 15 is 0 Å². The summed E-state index contributed by atoms with van der Waals surface area (Å²) >= 11 is 0. The van der Waals surface area contributed by atoms with Crippen molar-refractivity contribution in [3.63, 3.8) is 0 Å². The molecule has 2 aromatic rings. The Kier molecular flexibility index (Phi) is 4.34. The fourth-order valence-corrected chi connectivity index (χ4v) is 5.20. The lowest BCUT2D eigenvalue weighted by Gasteiger charge is -2.26. The van der Waals surface area contributed by atoms with E-state index in [1.54, 1.807) is 0 Å². The van der Waals surface area contributed by atoms with Gasteiger partial charge in [-0.2, -0.15) is 0 Å². The third-order valence-corrected chi connectivity index (χ3v) is 6.42. The van der Waals surface area contributed by atoms with Crippen LogP contribution in [0.2, 0.25) is 0 Å². The molecule has 0 bridgehead atoms. The van der Waals surface area contributed by atoms with Gasteiger partial charge >= 0.3 is 0 Å². The SMILES string of the molecule is O=C(CN1C[C@@H]2CC(O)(Cc3ccccc3)C[C@@H]2C1)c1ccc2c(c1)NNN2. The number of rotatable bonds is 5. The molecule has 6 heteroatoms. The van der Waals surface area contributed by atoms with Gasteiger partial charge in [0.2, 0.25) is 0 Å². The second-order valence-corrected chi connectivity index (χ2v) is 8.57. The van der Waals surface area contributed by atoms with Crippen LogP contribution < -0.4 is 16.4 Å². The molecule has 1 saturated heterocycles. The normalized spacial score (nSPS) is 28.5. The van der Waals surface area contributed by atoms with Gasteiger partial charge in [-0.15, -0.1) is 5.53 Å². The summed E-state index contributed by atoms with van der Waals surface area (Å²) in [5.41, 5.74) is 12.0. The first-order valence-electron chi connectivity index (χ1n) is 10.0. The van der Waals surface area contributed by atoms with Crippen LogP contribution in [0.3, 0.4) is 0 Å². The monoisotopic (exact) mass is 378 g/mol. The number of nitrogens with one attached hydrogen (secondary N) is 3. The molecule has 146 valence electrons. The number of anilines is 2. The zero-order valence-corrected chi connectivity index (χ0v) is 15.8. The summed E-state index contributed by atoms with van der Waals surface area (Å²) in [7, 11) is 0. The Balaban J connectivity index is 1.18. The number of carbonyl (C=O) groups excluding carboxylic acids is 1. The molecule has 2 aromatic carbocycles. The third kappa shape index (κ3) is 3.39. The molecule has 1 unspecified atom stereocenters. The standard InChI is InChI=1S/C22H26N4O2/c27-21(16-6-7-19-20(8-16)24-25-23-19)14-26-12-17-10-22(28,11-18(17)13-26)9-15-4-2-1-3-5-15/h1-8,17-18,23-25,28H,9-14H2/t17-,18+,22?. The number of benzene rings is 2. The molecule has 2 fully saturated rings. The Hall–Kier alpha value is -2.41. The minimum Gasteiger partial charge on any atom is -0.390 e. The Bertz CT molecular complexity index is 871. The van der Waals surface area contributed by atoms with Gasteiger partial charge in [0.15, 0.2) is 5.78 Å². The molecule has 2 heterocycles. The highest BCUT2D eigenvalue weighted by molar-refractivity contribution is 5.99. The van der Waals surface area contributed by atoms with Crippen LogP contribution in [0.25, 0.3) is 0 Å². The molecule has 2 aliphatic heterocycles. The quantitative estimate of drug-likeness (QED) is 0.599. The minimum absolute atomic E-state index is 0.149. The molecule has 0 spiro atoms. The Labute approximate surface area is 164 Å². The fraction of sp³-hybridized carbons (Fsp3) is 0.409. The number of Topliss-reactive ketones (excluding diaryl/α,β-unsaturated/α-hetero) is 1. The van der Waals surface area contributed by atoms with E-state index in [1.807, 2.05) is 36.4 Å². The van der Waals surface area contributed by atoms with E-state index in [4.69, 9.17) is 0 Å². The van der Waals surface area contributed by atoms with Crippen LogP contribution in [0.1, 0.15) is 28.8 Å². The summed E-state index contributed by atoms with van der Waals surface area (Å²) in [5.74, 6) is 1.12. The molecule has 3 atom stereocenters. The van der Waals surface area contributed by atoms with Gasteiger partial charge < -0.3 is 16.0 Å². The zero-order valence-electron chi connectivity index (χ0n) is 15.8. The second-order valence-electron chi connectivity index (χ2n) is 8.57. The predicted octanol–water partition coefficient (Wildman–Crippen LogP) is 2.44. The topological polar surface area (TPSA) is 76.6 Å². The van der Waals surface area contributed by atoms with Crippen LogP contribution in [-0.2, 0) is 6.42 Å². The average Bonchev–Trinajstić information content (AvgIpc) is 3.35. The molecule has 28 heavy (non-hydrogen) atoms. The van der Waals surface area contributed by atoms with Gasteiger partial charge in [-0.05, 0) is 48.4 Å². The number of hydrogen-bond acceptors (Lipinski definition) is 6. The first-order valence-corrected chi connectivity index (χ1v) is 10.0. The molecule has 1 saturated carbocycles. The van der Waals surface area contributed by atoms with E-state index in [0.29, 0.717) is 18.4 Å². The summed E-state index contributed by atoms with van der Waals surface area (Å²) in [6.45, 7) is 2.25. The first-order chi connectivity index (χ1) is 13.6. The smallest absolute Gasteiger partial charge is 0.176 e. The zero-order chi connectivity index (χ0) is 19.1. The van der Waals surface area contributed by atoms with E-state index in [-0.39, 0.29) is 5.78 Å². The van der Waals surface area contributed by atoms with E-state index in [1.165, 1.54) is 5.56 Å². The predicted molar refractivity (Wildman–Crippen MR) is 109 cm³/mol. The minimum atomic E-state index is -0.599. The van der Waals surface area contributed by atoms with Crippen molar-refractivity contribution in [2.24, 2.45) is 11.8 Å². The Morgan fingerprint density at radius 2 is 1.75 bits per heavy atom. The van der Waals surface area contributed by atoms with Gasteiger partial charge in [0.25, 0.3) is 0 Å². The average molecular weight is 378 g/mol. The number of carbonyl (C=O) groups is 1. The number of hydrogen-bond donors (Lipinski definition) is 4. The number of ketones is 1. The van der Waals surface area contributed by atoms with Crippen molar-refractivity contribution in [3.8, 4) is 0 Å². The maximum atomic E-state index is 12.7. The van der Waals surface area contributed by atoms with Crippen LogP contribution >= 0.6 is 0 Å². The number of fused-ring (bicyclic) bond motifs is 2. The van der Waals surface area contributed by atoms with Gasteiger partial charge in [-0.3, -0.25) is 9.69 Å². The van der Waals surface area contributed by atoms with E-state index < -0.39 is 5.60 Å². The second kappa shape index (κ2) is 6.88. The number of nitrogens with zero attached hydrogens (tertiary/aromatic N) is 1. The van der Waals surface area contributed by atoms with Gasteiger partial charge in [0.05, 0.1) is 23.5 Å². The van der Waals surface area contributed by atoms with E-state index in [9.17, 15) is 9.90 Å². The van der Waals surface area contributed by atoms with E-state index in [0.717, 1.165) is 49.3 Å². The summed E-state index contributed by atoms with van der Waals surface area (Å²) < 4.78 is 0. The molecular weight excluding hydrogens is 352 g/mol. The van der Waals surface area contributed by atoms with Crippen LogP contribution in [0, 0.1) is 11.8 Å². The summed E-state index contributed by atoms with van der Waals surface area (Å²) in [6, 6.07) is 15.9. The molecule has 4 N–H and O–H groups in total. The molecule has 0 aromatic heterocycles. The van der Waals surface area contributed by atoms with Crippen LogP contribution in [0.15, 0.2) is 48.5 Å². The van der Waals surface area contributed by atoms with Crippen LogP contribution in [0.4, 0.5) is 11.4 Å². The van der Waals surface area contributed by atoms with Crippen LogP contribution in [0.5, 0.6) is 0 Å². The van der Waals surface area contributed by atoms with Crippen molar-refractivity contribution in [2.45, 2.75) is 24.9 Å². The molecule has 0 radical (unpaired) electrons. The highest BCUT2D eigenvalue weighted by atomic mass is 16.3. The van der Waals surface area contributed by atoms with Gasteiger partial charge in [0, 0.05) is 25.1 Å². The molecular formula is C22H26N4O2. The number of likely N-dealkylation sites (tertiary alicyclic amines) is 1. The maximum Gasteiger partial charge on any atom is 0.176 e. The summed E-state index contributed by atoms with van der Waals surface area (Å²) in [5, 5.41) is 11.1. The lowest BCUT2D eigenvalue weighted by atomic mass is 9.91. The van der Waals surface area contributed by atoms with Crippen molar-refractivity contribution >= 4 is 17.2 Å². The highest BCUT2D eigenvalue weighted by Gasteiger charge is 2.48. The lowest BCUT2D eigenvalue weighted by Crippen LogP contribution is -2.34. The maximum absolute atomic E-state index is 12.7. The first kappa shape index (κ1) is 17.7. The largest absolute Gasteiger partial charge is 0.390 e. The summed E-state index contributed by atoms with van der Waals surface area (Å²) in [6.07, 6.45) is 2.39. The van der Waals surface area contributed by atoms with Crippen molar-refractivity contribution in [2.75, 3.05) is 30.5 Å². The Morgan fingerprint density at radius 1 is 1.04 bits per heavy atom. The van der Waals surface area contributed by atoms with Gasteiger partial charge in [-0.25, -0.2) is 0 Å². The molecule has 6 nitrogen and oxygen atoms in total. The van der Waals surface area contributed by atoms with Gasteiger partial charge in [0.1, 0.15) is 0 Å². The van der Waals surface area contributed by atoms with Crippen molar-refractivity contribution < 1.29 is 9.90 Å². The lowest BCUT2D eigenvalue weighted by molar-refractivity contribution is 0.0355. The van der Waals surface area contributed by atoms with Gasteiger partial charge in [-0.1, -0.05) is 30.3 Å². The van der Waals surface area contributed by atoms with Crippen molar-refractivity contribution in [1.82, 2.24) is 10.4 Å². The molecule has 3 aliphatic rings. The molecule has 5 rings (SSSR count). The van der Waals surface area contributed by atoms with Crippen LogP contribution in [-0.4, -0.2) is 41.0 Å². The highest BCUT2D eigenvalue weighted by Crippen LogP contribution is 2.45. The molecule has 1 aliphatic carbocycles. The third-order valence-electron chi connectivity index (χ3n) is 6.42. The number of hydrazine groups is 2. The van der Waals surface area contributed by atoms with Crippen molar-refractivity contribution in [1.29, 1.82) is 0 Å². The fourth-order valence-electron chi connectivity index (χ4n) is 5.20. The van der Waals surface area contributed by atoms with E-state index in [2.05, 4.69) is 33.4 Å². The molecule has 0 amide bonds. The number of aliphatic hydroxyl groups is 1.